The van der Waals surface area contributed by atoms with Crippen molar-refractivity contribution in [2.45, 2.75) is 20.0 Å². The average molecular weight is 438 g/mol. The molecule has 3 heterocycles. The predicted octanol–water partition coefficient (Wildman–Crippen LogP) is 2.43. The van der Waals surface area contributed by atoms with Crippen molar-refractivity contribution in [2.24, 2.45) is 4.99 Å². The Bertz CT molecular complexity index is 791. The van der Waals surface area contributed by atoms with Gasteiger partial charge in [0.1, 0.15) is 5.65 Å². The van der Waals surface area contributed by atoms with E-state index in [1.54, 1.807) is 7.05 Å². The van der Waals surface area contributed by atoms with Gasteiger partial charge in [-0.15, -0.1) is 24.0 Å². The fraction of sp³-hybridized carbons (Fsp3) is 0.294. The number of rotatable bonds is 5. The fourth-order valence-electron chi connectivity index (χ4n) is 2.50. The van der Waals surface area contributed by atoms with Crippen LogP contribution in [-0.2, 0) is 13.1 Å². The number of aryl methyl sites for hydroxylation is 1. The number of imidazole rings is 1. The molecular weight excluding hydrogens is 415 g/mol. The van der Waals surface area contributed by atoms with Gasteiger partial charge >= 0.3 is 0 Å². The van der Waals surface area contributed by atoms with E-state index < -0.39 is 0 Å². The van der Waals surface area contributed by atoms with Crippen LogP contribution in [0.3, 0.4) is 0 Å². The summed E-state index contributed by atoms with van der Waals surface area (Å²) in [6, 6.07) is 10.2. The second-order valence-electron chi connectivity index (χ2n) is 5.40. The first-order chi connectivity index (χ1) is 11.3. The van der Waals surface area contributed by atoms with Crippen LogP contribution in [-0.4, -0.2) is 33.5 Å². The number of aliphatic imine (C=N–C) groups is 1. The number of nitrogens with zero attached hydrogens (tertiary/aromatic N) is 4. The molecule has 0 spiro atoms. The van der Waals surface area contributed by atoms with Gasteiger partial charge in [-0.25, -0.2) is 4.98 Å². The van der Waals surface area contributed by atoms with Gasteiger partial charge in [0.15, 0.2) is 5.96 Å². The van der Waals surface area contributed by atoms with Crippen molar-refractivity contribution >= 4 is 35.6 Å². The zero-order chi connectivity index (χ0) is 16.1. The molecule has 3 rings (SSSR count). The lowest BCUT2D eigenvalue weighted by atomic mass is 10.4. The van der Waals surface area contributed by atoms with E-state index in [0.29, 0.717) is 6.54 Å². The second kappa shape index (κ2) is 8.72. The van der Waals surface area contributed by atoms with Crippen LogP contribution in [0.1, 0.15) is 11.4 Å². The molecule has 0 bridgehead atoms. The van der Waals surface area contributed by atoms with Gasteiger partial charge in [-0.3, -0.25) is 4.99 Å². The van der Waals surface area contributed by atoms with Crippen LogP contribution in [0.25, 0.3) is 5.65 Å². The molecule has 0 atom stereocenters. The number of hydrogen-bond donors (Lipinski definition) is 2. The highest BCUT2D eigenvalue weighted by molar-refractivity contribution is 14.0. The third kappa shape index (κ3) is 4.50. The molecule has 128 valence electrons. The monoisotopic (exact) mass is 438 g/mol. The Morgan fingerprint density at radius 3 is 2.67 bits per heavy atom. The molecule has 7 heteroatoms. The van der Waals surface area contributed by atoms with Crippen LogP contribution in [0.4, 0.5) is 0 Å². The van der Waals surface area contributed by atoms with Gasteiger partial charge in [-0.1, -0.05) is 6.07 Å². The van der Waals surface area contributed by atoms with Gasteiger partial charge in [0.25, 0.3) is 0 Å². The summed E-state index contributed by atoms with van der Waals surface area (Å²) in [6.45, 7) is 4.44. The predicted molar refractivity (Wildman–Crippen MR) is 108 cm³/mol. The second-order valence-corrected chi connectivity index (χ2v) is 5.40. The van der Waals surface area contributed by atoms with Crippen molar-refractivity contribution in [3.05, 3.63) is 60.3 Å². The summed E-state index contributed by atoms with van der Waals surface area (Å²) in [7, 11) is 1.78. The van der Waals surface area contributed by atoms with Gasteiger partial charge in [0, 0.05) is 44.4 Å². The van der Waals surface area contributed by atoms with Crippen LogP contribution in [0.15, 0.2) is 53.9 Å². The van der Waals surface area contributed by atoms with Crippen molar-refractivity contribution in [3.63, 3.8) is 0 Å². The molecule has 0 aliphatic carbocycles. The molecule has 0 saturated carbocycles. The normalized spacial score (nSPS) is 11.3. The quantitative estimate of drug-likeness (QED) is 0.366. The van der Waals surface area contributed by atoms with Crippen molar-refractivity contribution in [3.8, 4) is 0 Å². The largest absolute Gasteiger partial charge is 0.355 e. The van der Waals surface area contributed by atoms with E-state index in [2.05, 4.69) is 61.2 Å². The van der Waals surface area contributed by atoms with Gasteiger partial charge in [0.2, 0.25) is 0 Å². The Kier molecular flexibility index (Phi) is 6.65. The number of halogens is 1. The lowest BCUT2D eigenvalue weighted by Crippen LogP contribution is -2.38. The first-order valence-corrected chi connectivity index (χ1v) is 7.75. The zero-order valence-electron chi connectivity index (χ0n) is 13.9. The van der Waals surface area contributed by atoms with Crippen LogP contribution in [0, 0.1) is 6.92 Å². The molecule has 0 aliphatic rings. The van der Waals surface area contributed by atoms with E-state index in [4.69, 9.17) is 0 Å². The Morgan fingerprint density at radius 1 is 1.17 bits per heavy atom. The van der Waals surface area contributed by atoms with E-state index >= 15 is 0 Å². The molecule has 0 amide bonds. The van der Waals surface area contributed by atoms with Gasteiger partial charge in [-0.2, -0.15) is 0 Å². The molecule has 0 radical (unpaired) electrons. The highest BCUT2D eigenvalue weighted by Crippen LogP contribution is 2.08. The minimum absolute atomic E-state index is 0. The summed E-state index contributed by atoms with van der Waals surface area (Å²) in [6.07, 6.45) is 6.17. The van der Waals surface area contributed by atoms with Gasteiger partial charge < -0.3 is 19.6 Å². The smallest absolute Gasteiger partial charge is 0.191 e. The minimum Gasteiger partial charge on any atom is -0.355 e. The Balaban J connectivity index is 0.00000208. The van der Waals surface area contributed by atoms with E-state index in [-0.39, 0.29) is 24.0 Å². The fourth-order valence-corrected chi connectivity index (χ4v) is 2.50. The first kappa shape index (κ1) is 18.3. The highest BCUT2D eigenvalue weighted by Gasteiger charge is 2.04. The summed E-state index contributed by atoms with van der Waals surface area (Å²) in [5.41, 5.74) is 3.14. The molecule has 0 unspecified atom stereocenters. The Morgan fingerprint density at radius 2 is 1.96 bits per heavy atom. The molecule has 0 aliphatic heterocycles. The van der Waals surface area contributed by atoms with Crippen molar-refractivity contribution in [1.29, 1.82) is 0 Å². The summed E-state index contributed by atoms with van der Waals surface area (Å²) < 4.78 is 4.23. The Hall–Kier alpha value is -2.03. The molecule has 2 N–H and O–H groups in total. The molecule has 6 nitrogen and oxygen atoms in total. The molecule has 24 heavy (non-hydrogen) atoms. The van der Waals surface area contributed by atoms with Crippen molar-refractivity contribution in [2.75, 3.05) is 13.6 Å². The summed E-state index contributed by atoms with van der Waals surface area (Å²) in [4.78, 5) is 8.86. The van der Waals surface area contributed by atoms with Crippen molar-refractivity contribution < 1.29 is 0 Å². The van der Waals surface area contributed by atoms with E-state index in [0.717, 1.165) is 30.4 Å². The van der Waals surface area contributed by atoms with E-state index in [1.165, 1.54) is 5.69 Å². The number of hydrogen-bond acceptors (Lipinski definition) is 2. The summed E-state index contributed by atoms with van der Waals surface area (Å²) in [5, 5.41) is 6.61. The topological polar surface area (TPSA) is 58.7 Å². The zero-order valence-corrected chi connectivity index (χ0v) is 16.3. The van der Waals surface area contributed by atoms with Gasteiger partial charge in [-0.05, 0) is 31.2 Å². The van der Waals surface area contributed by atoms with E-state index in [1.807, 2.05) is 24.3 Å². The molecule has 3 aromatic heterocycles. The van der Waals surface area contributed by atoms with Crippen LogP contribution < -0.4 is 10.6 Å². The van der Waals surface area contributed by atoms with Crippen LogP contribution in [0.2, 0.25) is 0 Å². The average Bonchev–Trinajstić information content (AvgIpc) is 3.20. The van der Waals surface area contributed by atoms with Crippen LogP contribution >= 0.6 is 24.0 Å². The standard InChI is InChI=1S/C17H22N6.HI/c1-14-6-5-7-16-21-15(13-23(14)16)12-20-17(18-2)19-8-11-22-9-3-4-10-22;/h3-7,9-10,13H,8,11-12H2,1-2H3,(H2,18,19,20);1H. The molecule has 0 saturated heterocycles. The summed E-state index contributed by atoms with van der Waals surface area (Å²) in [5.74, 6) is 0.783. The van der Waals surface area contributed by atoms with E-state index in [9.17, 15) is 0 Å². The minimum atomic E-state index is 0. The lowest BCUT2D eigenvalue weighted by Gasteiger charge is -2.11. The SMILES string of the molecule is CN=C(NCCn1cccc1)NCc1cn2c(C)cccc2n1.I. The lowest BCUT2D eigenvalue weighted by molar-refractivity contribution is 0.664. The number of fused-ring (bicyclic) bond motifs is 1. The van der Waals surface area contributed by atoms with Crippen LogP contribution in [0.5, 0.6) is 0 Å². The maximum atomic E-state index is 4.61. The molecular formula is C17H23IN6. The first-order valence-electron chi connectivity index (χ1n) is 7.75. The highest BCUT2D eigenvalue weighted by atomic mass is 127. The molecule has 0 aromatic carbocycles. The number of nitrogens with one attached hydrogen (secondary N) is 2. The third-order valence-corrected chi connectivity index (χ3v) is 3.74. The number of pyridine rings is 1. The maximum Gasteiger partial charge on any atom is 0.191 e. The number of aromatic nitrogens is 3. The van der Waals surface area contributed by atoms with Gasteiger partial charge in [0.05, 0.1) is 12.2 Å². The summed E-state index contributed by atoms with van der Waals surface area (Å²) >= 11 is 0. The molecule has 3 aromatic rings. The molecule has 0 fully saturated rings. The van der Waals surface area contributed by atoms with Crippen molar-refractivity contribution in [1.82, 2.24) is 24.6 Å². The maximum absolute atomic E-state index is 4.61. The Labute approximate surface area is 159 Å². The number of guanidine groups is 1. The third-order valence-electron chi connectivity index (χ3n) is 3.74.